The molecule has 2 rings (SSSR count). The minimum absolute atomic E-state index is 0.383. The number of fused-ring (bicyclic) bond motifs is 1. The highest BCUT2D eigenvalue weighted by molar-refractivity contribution is 5.81. The molecule has 0 amide bonds. The summed E-state index contributed by atoms with van der Waals surface area (Å²) in [6.07, 6.45) is 2.58. The highest BCUT2D eigenvalue weighted by Crippen LogP contribution is 2.11. The summed E-state index contributed by atoms with van der Waals surface area (Å²) in [5, 5.41) is 14.7. The zero-order valence-corrected chi connectivity index (χ0v) is 7.38. The zero-order chi connectivity index (χ0) is 9.97. The molecule has 14 heavy (non-hydrogen) atoms. The summed E-state index contributed by atoms with van der Waals surface area (Å²) in [7, 11) is 0. The number of benzene rings is 1. The first-order chi connectivity index (χ1) is 6.83. The fraction of sp³-hybridized carbons (Fsp3) is 0. The van der Waals surface area contributed by atoms with Crippen LogP contribution in [0.4, 0.5) is 0 Å². The van der Waals surface area contributed by atoms with E-state index in [-0.39, 0.29) is 0 Å². The van der Waals surface area contributed by atoms with E-state index in [0.29, 0.717) is 5.82 Å². The monoisotopic (exact) mass is 187 g/mol. The predicted molar refractivity (Wildman–Crippen MR) is 54.8 cm³/mol. The van der Waals surface area contributed by atoms with Crippen LogP contribution in [0.15, 0.2) is 30.3 Å². The molecule has 5 nitrogen and oxygen atoms in total. The van der Waals surface area contributed by atoms with E-state index < -0.39 is 0 Å². The van der Waals surface area contributed by atoms with Gasteiger partial charge in [0, 0.05) is 6.21 Å². The summed E-state index contributed by atoms with van der Waals surface area (Å²) in [6, 6.07) is 7.51. The Kier molecular flexibility index (Phi) is 1.98. The first-order valence-corrected chi connectivity index (χ1v) is 4.10. The lowest BCUT2D eigenvalue weighted by atomic mass is 10.3. The third kappa shape index (κ3) is 1.24. The number of aromatic nitrogens is 3. The van der Waals surface area contributed by atoms with Crippen LogP contribution in [0, 0.1) is 5.41 Å². The van der Waals surface area contributed by atoms with Crippen LogP contribution in [0.25, 0.3) is 16.9 Å². The smallest absolute Gasteiger partial charge is 0.128 e. The molecule has 0 fully saturated rings. The average molecular weight is 187 g/mol. The summed E-state index contributed by atoms with van der Waals surface area (Å²) >= 11 is 0. The Morgan fingerprint density at radius 1 is 1.43 bits per heavy atom. The maximum atomic E-state index is 6.90. The minimum Gasteiger partial charge on any atom is -0.384 e. The first kappa shape index (κ1) is 8.43. The molecule has 1 aromatic carbocycles. The van der Waals surface area contributed by atoms with Crippen molar-refractivity contribution < 1.29 is 0 Å². The third-order valence-corrected chi connectivity index (χ3v) is 1.85. The van der Waals surface area contributed by atoms with Crippen LogP contribution in [0.1, 0.15) is 0 Å². The standard InChI is InChI=1S/C9H9N5/c10-6-5-9(11)14-8-4-2-1-3-7(8)12-13-14/h1-6,10H,11H2/b9-5+,10-6?. The summed E-state index contributed by atoms with van der Waals surface area (Å²) in [4.78, 5) is 0. The van der Waals surface area contributed by atoms with Crippen molar-refractivity contribution in [1.29, 1.82) is 5.41 Å². The van der Waals surface area contributed by atoms with Gasteiger partial charge in [-0.25, -0.2) is 0 Å². The van der Waals surface area contributed by atoms with Crippen molar-refractivity contribution in [3.05, 3.63) is 30.3 Å². The van der Waals surface area contributed by atoms with Crippen LogP contribution in [0.5, 0.6) is 0 Å². The van der Waals surface area contributed by atoms with E-state index >= 15 is 0 Å². The molecule has 0 spiro atoms. The SMILES string of the molecule is N=C/C=C(\N)n1nnc2ccccc21. The maximum absolute atomic E-state index is 6.90. The van der Waals surface area contributed by atoms with Crippen LogP contribution in [-0.2, 0) is 0 Å². The Labute approximate surface area is 80.3 Å². The van der Waals surface area contributed by atoms with Crippen molar-refractivity contribution in [2.75, 3.05) is 0 Å². The number of para-hydroxylation sites is 1. The molecule has 70 valence electrons. The maximum Gasteiger partial charge on any atom is 0.128 e. The highest BCUT2D eigenvalue weighted by Gasteiger charge is 2.03. The van der Waals surface area contributed by atoms with Crippen LogP contribution in [-0.4, -0.2) is 21.2 Å². The van der Waals surface area contributed by atoms with Gasteiger partial charge in [0.25, 0.3) is 0 Å². The molecular weight excluding hydrogens is 178 g/mol. The van der Waals surface area contributed by atoms with Gasteiger partial charge < -0.3 is 11.1 Å². The van der Waals surface area contributed by atoms with Gasteiger partial charge in [0.2, 0.25) is 0 Å². The van der Waals surface area contributed by atoms with Crippen molar-refractivity contribution in [3.8, 4) is 0 Å². The number of rotatable bonds is 2. The molecule has 1 heterocycles. The van der Waals surface area contributed by atoms with Gasteiger partial charge in [-0.05, 0) is 18.2 Å². The predicted octanol–water partition coefficient (Wildman–Crippen LogP) is 0.838. The van der Waals surface area contributed by atoms with Gasteiger partial charge in [-0.3, -0.25) is 0 Å². The van der Waals surface area contributed by atoms with Crippen molar-refractivity contribution in [2.24, 2.45) is 5.73 Å². The molecule has 0 aliphatic heterocycles. The molecule has 0 atom stereocenters. The van der Waals surface area contributed by atoms with Crippen molar-refractivity contribution in [2.45, 2.75) is 0 Å². The quantitative estimate of drug-likeness (QED) is 0.683. The second-order valence-electron chi connectivity index (χ2n) is 2.75. The normalized spacial score (nSPS) is 11.9. The number of nitrogens with two attached hydrogens (primary N) is 1. The minimum atomic E-state index is 0.383. The van der Waals surface area contributed by atoms with Crippen molar-refractivity contribution >= 4 is 23.1 Å². The number of nitrogens with one attached hydrogen (secondary N) is 1. The van der Waals surface area contributed by atoms with Gasteiger partial charge >= 0.3 is 0 Å². The van der Waals surface area contributed by atoms with E-state index in [0.717, 1.165) is 17.2 Å². The van der Waals surface area contributed by atoms with Crippen LogP contribution in [0.3, 0.4) is 0 Å². The fourth-order valence-electron chi connectivity index (χ4n) is 1.22. The zero-order valence-electron chi connectivity index (χ0n) is 7.38. The van der Waals surface area contributed by atoms with Gasteiger partial charge in [-0.2, -0.15) is 4.68 Å². The van der Waals surface area contributed by atoms with Crippen LogP contribution in [0.2, 0.25) is 0 Å². The second kappa shape index (κ2) is 3.29. The first-order valence-electron chi connectivity index (χ1n) is 4.10. The molecule has 0 saturated carbocycles. The topological polar surface area (TPSA) is 80.6 Å². The van der Waals surface area contributed by atoms with Gasteiger partial charge in [-0.15, -0.1) is 5.10 Å². The van der Waals surface area contributed by atoms with Gasteiger partial charge in [0.05, 0.1) is 5.52 Å². The van der Waals surface area contributed by atoms with E-state index in [4.69, 9.17) is 11.1 Å². The van der Waals surface area contributed by atoms with Gasteiger partial charge in [0.15, 0.2) is 0 Å². The van der Waals surface area contributed by atoms with E-state index in [1.807, 2.05) is 24.3 Å². The summed E-state index contributed by atoms with van der Waals surface area (Å²) in [5.41, 5.74) is 7.31. The molecule has 0 bridgehead atoms. The van der Waals surface area contributed by atoms with Crippen molar-refractivity contribution in [3.63, 3.8) is 0 Å². The molecule has 0 aliphatic carbocycles. The van der Waals surface area contributed by atoms with Gasteiger partial charge in [0.1, 0.15) is 11.3 Å². The number of hydrogen-bond donors (Lipinski definition) is 2. The van der Waals surface area contributed by atoms with Crippen LogP contribution < -0.4 is 5.73 Å². The van der Waals surface area contributed by atoms with E-state index in [2.05, 4.69) is 10.3 Å². The Hall–Kier alpha value is -2.17. The lowest BCUT2D eigenvalue weighted by Gasteiger charge is -1.99. The molecule has 0 radical (unpaired) electrons. The highest BCUT2D eigenvalue weighted by atomic mass is 15.4. The van der Waals surface area contributed by atoms with E-state index in [1.54, 1.807) is 0 Å². The largest absolute Gasteiger partial charge is 0.384 e. The molecule has 0 unspecified atom stereocenters. The Morgan fingerprint density at radius 3 is 3.00 bits per heavy atom. The molecule has 2 aromatic rings. The summed E-state index contributed by atoms with van der Waals surface area (Å²) in [5.74, 6) is 0.383. The lowest BCUT2D eigenvalue weighted by molar-refractivity contribution is 0.830. The number of nitrogens with zero attached hydrogens (tertiary/aromatic N) is 3. The summed E-state index contributed by atoms with van der Waals surface area (Å²) < 4.78 is 1.50. The fourth-order valence-corrected chi connectivity index (χ4v) is 1.22. The number of allylic oxidation sites excluding steroid dienone is 1. The molecule has 5 heteroatoms. The molecule has 3 N–H and O–H groups in total. The van der Waals surface area contributed by atoms with E-state index in [9.17, 15) is 0 Å². The van der Waals surface area contributed by atoms with Gasteiger partial charge in [-0.1, -0.05) is 17.3 Å². The molecule has 1 aromatic heterocycles. The lowest BCUT2D eigenvalue weighted by Crippen LogP contribution is -2.08. The molecule has 0 aliphatic rings. The second-order valence-corrected chi connectivity index (χ2v) is 2.75. The summed E-state index contributed by atoms with van der Waals surface area (Å²) in [6.45, 7) is 0. The molecular formula is C9H9N5. The van der Waals surface area contributed by atoms with E-state index in [1.165, 1.54) is 10.8 Å². The molecule has 0 saturated heterocycles. The Morgan fingerprint density at radius 2 is 2.21 bits per heavy atom. The average Bonchev–Trinajstić information content (AvgIpc) is 2.61. The number of hydrogen-bond acceptors (Lipinski definition) is 4. The Bertz CT molecular complexity index is 497. The third-order valence-electron chi connectivity index (χ3n) is 1.85. The van der Waals surface area contributed by atoms with Crippen molar-refractivity contribution in [1.82, 2.24) is 15.0 Å². The Balaban J connectivity index is 2.64. The van der Waals surface area contributed by atoms with Crippen LogP contribution >= 0.6 is 0 Å².